The molecule has 1 N–H and O–H groups in total. The van der Waals surface area contributed by atoms with Gasteiger partial charge in [0.1, 0.15) is 11.5 Å². The van der Waals surface area contributed by atoms with E-state index in [1.807, 2.05) is 24.3 Å². The van der Waals surface area contributed by atoms with E-state index in [1.54, 1.807) is 14.0 Å². The number of ether oxygens (including phenoxy) is 2. The highest BCUT2D eigenvalue weighted by atomic mass is 16.6. The average molecular weight is 260 g/mol. The van der Waals surface area contributed by atoms with Crippen LogP contribution in [0.1, 0.15) is 18.4 Å². The number of hydrazone groups is 1. The fourth-order valence-corrected chi connectivity index (χ4v) is 2.23. The summed E-state index contributed by atoms with van der Waals surface area (Å²) >= 11 is 0. The van der Waals surface area contributed by atoms with Gasteiger partial charge < -0.3 is 14.9 Å². The number of methoxy groups -OCH3 is 1. The van der Waals surface area contributed by atoms with Crippen molar-refractivity contribution in [2.24, 2.45) is 5.10 Å². The molecule has 0 aromatic heterocycles. The molecule has 2 aliphatic heterocycles. The number of carbonyl (C=O) groups is 1. The highest BCUT2D eigenvalue weighted by Crippen LogP contribution is 2.32. The fraction of sp³-hybridized carbons (Fsp3) is 0.429. The number of Topliss-reactive ketones (excluding diaryl/α,β-unsaturated/α-hetero) is 1. The third-order valence-electron chi connectivity index (χ3n) is 3.63. The van der Waals surface area contributed by atoms with Crippen LogP contribution in [-0.4, -0.2) is 37.4 Å². The monoisotopic (exact) mass is 260 g/mol. The molecule has 1 aromatic rings. The number of hydrogen-bond acceptors (Lipinski definition) is 5. The first-order valence-corrected chi connectivity index (χ1v) is 6.27. The van der Waals surface area contributed by atoms with Gasteiger partial charge in [-0.05, 0) is 24.6 Å². The van der Waals surface area contributed by atoms with Gasteiger partial charge in [0.25, 0.3) is 0 Å². The molecule has 1 fully saturated rings. The molecular formula is C14H16N2O3. The third-order valence-corrected chi connectivity index (χ3v) is 3.63. The number of nitrogens with one attached hydrogen (secondary N) is 1. The molecule has 2 atom stereocenters. The van der Waals surface area contributed by atoms with E-state index in [9.17, 15) is 4.79 Å². The second-order valence-electron chi connectivity index (χ2n) is 5.03. The first-order valence-electron chi connectivity index (χ1n) is 6.27. The Morgan fingerprint density at radius 1 is 1.47 bits per heavy atom. The van der Waals surface area contributed by atoms with Crippen LogP contribution in [0, 0.1) is 0 Å². The predicted octanol–water partition coefficient (Wildman–Crippen LogP) is 1.10. The Morgan fingerprint density at radius 2 is 2.16 bits per heavy atom. The largest absolute Gasteiger partial charge is 0.497 e. The summed E-state index contributed by atoms with van der Waals surface area (Å²) < 4.78 is 10.4. The van der Waals surface area contributed by atoms with Gasteiger partial charge in [0.15, 0.2) is 5.60 Å². The molecule has 0 amide bonds. The normalized spacial score (nSPS) is 28.5. The van der Waals surface area contributed by atoms with Crippen molar-refractivity contribution in [2.45, 2.75) is 18.4 Å². The van der Waals surface area contributed by atoms with Gasteiger partial charge >= 0.3 is 0 Å². The quantitative estimate of drug-likeness (QED) is 0.823. The van der Waals surface area contributed by atoms with E-state index >= 15 is 0 Å². The SMILES string of the molecule is COc1ccc(C2CNN=C2C(=O)[C@@]2(C)CO2)cc1. The minimum atomic E-state index is -0.657. The van der Waals surface area contributed by atoms with Gasteiger partial charge in [-0.1, -0.05) is 12.1 Å². The number of epoxide rings is 1. The summed E-state index contributed by atoms with van der Waals surface area (Å²) in [5.74, 6) is 0.773. The summed E-state index contributed by atoms with van der Waals surface area (Å²) in [6.45, 7) is 2.94. The summed E-state index contributed by atoms with van der Waals surface area (Å²) in [4.78, 5) is 12.3. The molecule has 1 saturated heterocycles. The van der Waals surface area contributed by atoms with E-state index < -0.39 is 5.60 Å². The number of ketones is 1. The lowest BCUT2D eigenvalue weighted by Crippen LogP contribution is -2.32. The maximum atomic E-state index is 12.3. The standard InChI is InChI=1S/C14H16N2O3/c1-14(8-19-14)13(17)12-11(7-15-16-12)9-3-5-10(18-2)6-4-9/h3-6,11,15H,7-8H2,1-2H3/t11?,14-/m1/s1. The van der Waals surface area contributed by atoms with E-state index in [4.69, 9.17) is 9.47 Å². The molecule has 0 spiro atoms. The van der Waals surface area contributed by atoms with Crippen molar-refractivity contribution < 1.29 is 14.3 Å². The van der Waals surface area contributed by atoms with Gasteiger partial charge in [-0.2, -0.15) is 5.10 Å². The molecule has 1 aromatic carbocycles. The van der Waals surface area contributed by atoms with E-state index in [2.05, 4.69) is 10.5 Å². The molecule has 0 aliphatic carbocycles. The number of carbonyl (C=O) groups excluding carboxylic acids is 1. The van der Waals surface area contributed by atoms with Crippen LogP contribution >= 0.6 is 0 Å². The second kappa shape index (κ2) is 4.35. The van der Waals surface area contributed by atoms with Gasteiger partial charge in [-0.3, -0.25) is 4.79 Å². The molecule has 5 nitrogen and oxygen atoms in total. The molecule has 100 valence electrons. The van der Waals surface area contributed by atoms with Crippen molar-refractivity contribution in [3.63, 3.8) is 0 Å². The third kappa shape index (κ3) is 2.10. The maximum absolute atomic E-state index is 12.3. The summed E-state index contributed by atoms with van der Waals surface area (Å²) in [5, 5.41) is 4.15. The zero-order valence-electron chi connectivity index (χ0n) is 11.0. The fourth-order valence-electron chi connectivity index (χ4n) is 2.23. The average Bonchev–Trinajstić information content (AvgIpc) is 3.02. The van der Waals surface area contributed by atoms with Crippen molar-refractivity contribution in [3.8, 4) is 5.75 Å². The highest BCUT2D eigenvalue weighted by molar-refractivity contribution is 6.45. The predicted molar refractivity (Wildman–Crippen MR) is 70.5 cm³/mol. The van der Waals surface area contributed by atoms with Gasteiger partial charge in [-0.25, -0.2) is 0 Å². The lowest BCUT2D eigenvalue weighted by molar-refractivity contribution is -0.117. The van der Waals surface area contributed by atoms with E-state index in [0.717, 1.165) is 11.3 Å². The number of benzene rings is 1. The Labute approximate surface area is 111 Å². The van der Waals surface area contributed by atoms with Gasteiger partial charge in [0.05, 0.1) is 19.6 Å². The second-order valence-corrected chi connectivity index (χ2v) is 5.03. The molecule has 2 aliphatic rings. The smallest absolute Gasteiger partial charge is 0.213 e. The van der Waals surface area contributed by atoms with Crippen LogP contribution < -0.4 is 10.2 Å². The van der Waals surface area contributed by atoms with Crippen LogP contribution in [0.3, 0.4) is 0 Å². The van der Waals surface area contributed by atoms with Crippen LogP contribution in [0.25, 0.3) is 0 Å². The minimum absolute atomic E-state index is 0.0144. The molecule has 3 rings (SSSR count). The number of hydrogen-bond donors (Lipinski definition) is 1. The van der Waals surface area contributed by atoms with Crippen LogP contribution in [-0.2, 0) is 9.53 Å². The highest BCUT2D eigenvalue weighted by Gasteiger charge is 2.51. The first kappa shape index (κ1) is 12.2. The Bertz CT molecular complexity index is 532. The summed E-state index contributed by atoms with van der Waals surface area (Å²) in [6, 6.07) is 7.72. The minimum Gasteiger partial charge on any atom is -0.497 e. The van der Waals surface area contributed by atoms with Crippen molar-refractivity contribution in [1.82, 2.24) is 5.43 Å². The maximum Gasteiger partial charge on any atom is 0.213 e. The Hall–Kier alpha value is -1.88. The van der Waals surface area contributed by atoms with Crippen LogP contribution in [0.15, 0.2) is 29.4 Å². The molecule has 2 heterocycles. The molecule has 0 saturated carbocycles. The molecule has 19 heavy (non-hydrogen) atoms. The summed E-state index contributed by atoms with van der Waals surface area (Å²) in [7, 11) is 1.63. The lowest BCUT2D eigenvalue weighted by Gasteiger charge is -2.13. The first-order chi connectivity index (χ1) is 9.14. The number of nitrogens with zero attached hydrogens (tertiary/aromatic N) is 1. The van der Waals surface area contributed by atoms with E-state index in [0.29, 0.717) is 18.9 Å². The molecule has 0 bridgehead atoms. The van der Waals surface area contributed by atoms with Crippen LogP contribution in [0.5, 0.6) is 5.75 Å². The Balaban J connectivity index is 1.83. The van der Waals surface area contributed by atoms with E-state index in [-0.39, 0.29) is 11.7 Å². The van der Waals surface area contributed by atoms with Crippen molar-refractivity contribution in [3.05, 3.63) is 29.8 Å². The zero-order valence-corrected chi connectivity index (χ0v) is 11.0. The molecule has 5 heteroatoms. The van der Waals surface area contributed by atoms with Crippen LogP contribution in [0.4, 0.5) is 0 Å². The molecule has 0 radical (unpaired) electrons. The lowest BCUT2D eigenvalue weighted by atomic mass is 9.89. The van der Waals surface area contributed by atoms with Gasteiger partial charge in [-0.15, -0.1) is 0 Å². The van der Waals surface area contributed by atoms with Crippen molar-refractivity contribution in [2.75, 3.05) is 20.3 Å². The Morgan fingerprint density at radius 3 is 2.74 bits per heavy atom. The number of rotatable bonds is 4. The topological polar surface area (TPSA) is 63.2 Å². The zero-order chi connectivity index (χ0) is 13.5. The summed E-state index contributed by atoms with van der Waals surface area (Å²) in [6.07, 6.45) is 0. The Kier molecular flexibility index (Phi) is 2.78. The summed E-state index contributed by atoms with van der Waals surface area (Å²) in [5.41, 5.74) is 3.87. The molecule has 1 unspecified atom stereocenters. The molecular weight excluding hydrogens is 244 g/mol. The van der Waals surface area contributed by atoms with Gasteiger partial charge in [0, 0.05) is 6.54 Å². The van der Waals surface area contributed by atoms with Gasteiger partial charge in [0.2, 0.25) is 5.78 Å². The van der Waals surface area contributed by atoms with Crippen LogP contribution in [0.2, 0.25) is 0 Å². The van der Waals surface area contributed by atoms with Crippen molar-refractivity contribution in [1.29, 1.82) is 0 Å². The van der Waals surface area contributed by atoms with E-state index in [1.165, 1.54) is 0 Å². The van der Waals surface area contributed by atoms with Crippen molar-refractivity contribution >= 4 is 11.5 Å².